The predicted molar refractivity (Wildman–Crippen MR) is 55.9 cm³/mol. The van der Waals surface area contributed by atoms with Gasteiger partial charge in [-0.1, -0.05) is 6.92 Å². The van der Waals surface area contributed by atoms with E-state index >= 15 is 0 Å². The summed E-state index contributed by atoms with van der Waals surface area (Å²) in [7, 11) is 0. The number of Topliss-reactive ketones (excluding diaryl/α,β-unsaturated/α-hetero) is 1. The van der Waals surface area contributed by atoms with E-state index in [1.54, 1.807) is 20.8 Å². The van der Waals surface area contributed by atoms with Gasteiger partial charge in [0.15, 0.2) is 0 Å². The lowest BCUT2D eigenvalue weighted by Crippen LogP contribution is -2.14. The molecule has 0 amide bonds. The molecule has 0 rings (SSSR count). The number of hydrogen-bond donors (Lipinski definition) is 0. The third-order valence-corrected chi connectivity index (χ3v) is 2.04. The number of carbonyl (C=O) groups is 2. The van der Waals surface area contributed by atoms with Crippen molar-refractivity contribution in [2.75, 3.05) is 6.61 Å². The van der Waals surface area contributed by atoms with Gasteiger partial charge in [-0.15, -0.1) is 0 Å². The van der Waals surface area contributed by atoms with E-state index in [2.05, 4.69) is 0 Å². The van der Waals surface area contributed by atoms with Crippen LogP contribution < -0.4 is 0 Å². The maximum Gasteiger partial charge on any atom is 0.307 e. The molecule has 1 atom stereocenters. The van der Waals surface area contributed by atoms with E-state index in [0.29, 0.717) is 18.1 Å². The van der Waals surface area contributed by atoms with Crippen molar-refractivity contribution in [2.24, 2.45) is 5.92 Å². The molecule has 15 heavy (non-hydrogen) atoms. The summed E-state index contributed by atoms with van der Waals surface area (Å²) < 4.78 is 10.1. The third kappa shape index (κ3) is 5.88. The van der Waals surface area contributed by atoms with Gasteiger partial charge in [0.1, 0.15) is 17.3 Å². The summed E-state index contributed by atoms with van der Waals surface area (Å²) in [5.74, 6) is 0.504. The highest BCUT2D eigenvalue weighted by atomic mass is 16.6. The van der Waals surface area contributed by atoms with Gasteiger partial charge in [-0.25, -0.2) is 0 Å². The lowest BCUT2D eigenvalue weighted by molar-refractivity contribution is -0.137. The Balaban J connectivity index is 4.17. The van der Waals surface area contributed by atoms with Crippen molar-refractivity contribution < 1.29 is 19.1 Å². The molecule has 0 fully saturated rings. The van der Waals surface area contributed by atoms with Crippen molar-refractivity contribution in [1.82, 2.24) is 0 Å². The smallest absolute Gasteiger partial charge is 0.307 e. The fraction of sp³-hybridized carbons (Fsp3) is 0.636. The van der Waals surface area contributed by atoms with Gasteiger partial charge in [-0.05, 0) is 20.8 Å². The van der Waals surface area contributed by atoms with Crippen LogP contribution in [0.3, 0.4) is 0 Å². The zero-order chi connectivity index (χ0) is 12.0. The minimum atomic E-state index is -0.380. The van der Waals surface area contributed by atoms with Crippen LogP contribution in [0.2, 0.25) is 0 Å². The van der Waals surface area contributed by atoms with Crippen molar-refractivity contribution in [1.29, 1.82) is 0 Å². The number of hydrogen-bond acceptors (Lipinski definition) is 4. The second-order valence-electron chi connectivity index (χ2n) is 3.53. The fourth-order valence-corrected chi connectivity index (χ4v) is 0.756. The summed E-state index contributed by atoms with van der Waals surface area (Å²) in [4.78, 5) is 21.6. The van der Waals surface area contributed by atoms with E-state index in [-0.39, 0.29) is 17.7 Å². The lowest BCUT2D eigenvalue weighted by atomic mass is 10.1. The Morgan fingerprint density at radius 1 is 1.07 bits per heavy atom. The van der Waals surface area contributed by atoms with Crippen molar-refractivity contribution in [3.8, 4) is 0 Å². The maximum absolute atomic E-state index is 10.9. The summed E-state index contributed by atoms with van der Waals surface area (Å²) in [5, 5.41) is 0. The standard InChI is InChI=1S/C11H18O4/c1-7(8(2)12)6-14-9(3)10(4)15-11(5)13/h7H,6H2,1-5H3. The molecule has 0 bridgehead atoms. The van der Waals surface area contributed by atoms with E-state index in [9.17, 15) is 9.59 Å². The van der Waals surface area contributed by atoms with Crippen LogP contribution >= 0.6 is 0 Å². The van der Waals surface area contributed by atoms with Crippen LogP contribution in [-0.2, 0) is 19.1 Å². The number of rotatable bonds is 5. The molecule has 86 valence electrons. The normalized spacial score (nSPS) is 13.9. The molecule has 0 spiro atoms. The minimum Gasteiger partial charge on any atom is -0.494 e. The Kier molecular flexibility index (Phi) is 5.67. The van der Waals surface area contributed by atoms with E-state index in [1.165, 1.54) is 13.8 Å². The highest BCUT2D eigenvalue weighted by Crippen LogP contribution is 2.09. The van der Waals surface area contributed by atoms with Crippen molar-refractivity contribution in [3.63, 3.8) is 0 Å². The zero-order valence-electron chi connectivity index (χ0n) is 9.92. The quantitative estimate of drug-likeness (QED) is 0.519. The Morgan fingerprint density at radius 3 is 2.00 bits per heavy atom. The Labute approximate surface area is 90.2 Å². The number of allylic oxidation sites excluding steroid dienone is 2. The maximum atomic E-state index is 10.9. The molecule has 0 N–H and O–H groups in total. The highest BCUT2D eigenvalue weighted by Gasteiger charge is 2.09. The molecule has 0 aliphatic heterocycles. The summed E-state index contributed by atoms with van der Waals surface area (Å²) in [6, 6.07) is 0. The molecule has 0 aromatic rings. The average molecular weight is 214 g/mol. The van der Waals surface area contributed by atoms with E-state index in [1.807, 2.05) is 0 Å². The SMILES string of the molecule is CC(=O)OC(C)=C(C)OCC(C)C(C)=O. The highest BCUT2D eigenvalue weighted by molar-refractivity contribution is 5.77. The van der Waals surface area contributed by atoms with Gasteiger partial charge in [0.05, 0.1) is 6.61 Å². The summed E-state index contributed by atoms with van der Waals surface area (Å²) >= 11 is 0. The largest absolute Gasteiger partial charge is 0.494 e. The summed E-state index contributed by atoms with van der Waals surface area (Å²) in [6.07, 6.45) is 0. The van der Waals surface area contributed by atoms with Crippen LogP contribution in [0.15, 0.2) is 11.5 Å². The number of esters is 1. The molecule has 0 heterocycles. The molecule has 4 heteroatoms. The van der Waals surface area contributed by atoms with E-state index < -0.39 is 0 Å². The zero-order valence-corrected chi connectivity index (χ0v) is 9.92. The first-order valence-electron chi connectivity index (χ1n) is 4.83. The van der Waals surface area contributed by atoms with Gasteiger partial charge < -0.3 is 9.47 Å². The fourth-order valence-electron chi connectivity index (χ4n) is 0.756. The molecule has 0 aromatic heterocycles. The van der Waals surface area contributed by atoms with E-state index in [0.717, 1.165) is 0 Å². The Hall–Kier alpha value is -1.32. The molecule has 0 aliphatic rings. The second kappa shape index (κ2) is 6.22. The number of carbonyl (C=O) groups excluding carboxylic acids is 2. The molecular formula is C11H18O4. The first-order chi connectivity index (χ1) is 6.84. The van der Waals surface area contributed by atoms with Crippen LogP contribution in [0.5, 0.6) is 0 Å². The number of ether oxygens (including phenoxy) is 2. The first kappa shape index (κ1) is 13.7. The lowest BCUT2D eigenvalue weighted by Gasteiger charge is -2.12. The molecular weight excluding hydrogens is 196 g/mol. The molecule has 0 aromatic carbocycles. The average Bonchev–Trinajstić information content (AvgIpc) is 2.12. The van der Waals surface area contributed by atoms with Gasteiger partial charge >= 0.3 is 5.97 Å². The molecule has 0 saturated carbocycles. The van der Waals surface area contributed by atoms with Gasteiger partial charge in [0.25, 0.3) is 0 Å². The van der Waals surface area contributed by atoms with Crippen LogP contribution in [0.1, 0.15) is 34.6 Å². The Bertz CT molecular complexity index is 278. The number of ketones is 1. The topological polar surface area (TPSA) is 52.6 Å². The van der Waals surface area contributed by atoms with Crippen LogP contribution in [0.4, 0.5) is 0 Å². The molecule has 0 radical (unpaired) electrons. The van der Waals surface area contributed by atoms with Crippen LogP contribution in [-0.4, -0.2) is 18.4 Å². The van der Waals surface area contributed by atoms with Crippen molar-refractivity contribution >= 4 is 11.8 Å². The van der Waals surface area contributed by atoms with E-state index in [4.69, 9.17) is 9.47 Å². The molecule has 4 nitrogen and oxygen atoms in total. The van der Waals surface area contributed by atoms with Gasteiger partial charge in [0.2, 0.25) is 0 Å². The van der Waals surface area contributed by atoms with Gasteiger partial charge in [0, 0.05) is 12.8 Å². The summed E-state index contributed by atoms with van der Waals surface area (Å²) in [5.41, 5.74) is 0. The molecule has 1 unspecified atom stereocenters. The molecule has 0 aliphatic carbocycles. The molecule has 0 saturated heterocycles. The third-order valence-electron chi connectivity index (χ3n) is 2.04. The van der Waals surface area contributed by atoms with Crippen LogP contribution in [0.25, 0.3) is 0 Å². The summed E-state index contributed by atoms with van der Waals surface area (Å²) in [6.45, 7) is 8.29. The Morgan fingerprint density at radius 2 is 1.60 bits per heavy atom. The predicted octanol–water partition coefficient (Wildman–Crippen LogP) is 2.04. The first-order valence-corrected chi connectivity index (χ1v) is 4.83. The monoisotopic (exact) mass is 214 g/mol. The van der Waals surface area contributed by atoms with Crippen molar-refractivity contribution in [2.45, 2.75) is 34.6 Å². The van der Waals surface area contributed by atoms with Gasteiger partial charge in [-0.3, -0.25) is 9.59 Å². The minimum absolute atomic E-state index is 0.0768. The van der Waals surface area contributed by atoms with Crippen molar-refractivity contribution in [3.05, 3.63) is 11.5 Å². The van der Waals surface area contributed by atoms with Crippen LogP contribution in [0, 0.1) is 5.92 Å². The van der Waals surface area contributed by atoms with Gasteiger partial charge in [-0.2, -0.15) is 0 Å². The second-order valence-corrected chi connectivity index (χ2v) is 3.53.